The number of ether oxygens (including phenoxy) is 1. The fourth-order valence-electron chi connectivity index (χ4n) is 3.10. The summed E-state index contributed by atoms with van der Waals surface area (Å²) in [6.45, 7) is 2.14. The number of hydrogen-bond donors (Lipinski definition) is 1. The van der Waals surface area contributed by atoms with Crippen LogP contribution in [0.25, 0.3) is 16.6 Å². The van der Waals surface area contributed by atoms with Crippen molar-refractivity contribution in [2.24, 2.45) is 0 Å². The number of fused-ring (bicyclic) bond motifs is 2. The molecule has 0 saturated carbocycles. The van der Waals surface area contributed by atoms with Crippen LogP contribution < -0.4 is 10.1 Å². The summed E-state index contributed by atoms with van der Waals surface area (Å²) < 4.78 is 9.03. The quantitative estimate of drug-likeness (QED) is 0.601. The molecule has 26 heavy (non-hydrogen) atoms. The molecular weight excluding hydrogens is 330 g/mol. The average Bonchev–Trinajstić information content (AvgIpc) is 3.25. The third-order valence-electron chi connectivity index (χ3n) is 4.40. The van der Waals surface area contributed by atoms with Gasteiger partial charge in [-0.2, -0.15) is 0 Å². The molecule has 3 aromatic heterocycles. The highest BCUT2D eigenvalue weighted by Gasteiger charge is 2.16. The lowest BCUT2D eigenvalue weighted by molar-refractivity contribution is -0.122. The second kappa shape index (κ2) is 6.51. The van der Waals surface area contributed by atoms with E-state index in [2.05, 4.69) is 15.5 Å². The molecule has 0 aliphatic heterocycles. The van der Waals surface area contributed by atoms with Crippen LogP contribution in [-0.2, 0) is 11.3 Å². The van der Waals surface area contributed by atoms with Crippen LogP contribution >= 0.6 is 0 Å². The highest BCUT2D eigenvalue weighted by Crippen LogP contribution is 2.22. The molecule has 0 saturated heterocycles. The van der Waals surface area contributed by atoms with Gasteiger partial charge in [0.15, 0.2) is 11.5 Å². The van der Waals surface area contributed by atoms with Gasteiger partial charge in [-0.05, 0) is 43.3 Å². The number of nitrogens with zero attached hydrogens (tertiary/aromatic N) is 4. The van der Waals surface area contributed by atoms with E-state index < -0.39 is 0 Å². The zero-order valence-corrected chi connectivity index (χ0v) is 14.6. The van der Waals surface area contributed by atoms with E-state index in [9.17, 15) is 4.79 Å². The van der Waals surface area contributed by atoms with Crippen LogP contribution in [0.1, 0.15) is 18.8 Å². The topological polar surface area (TPSA) is 73.4 Å². The molecule has 4 rings (SSSR count). The highest BCUT2D eigenvalue weighted by molar-refractivity contribution is 5.84. The molecule has 1 aromatic carbocycles. The zero-order chi connectivity index (χ0) is 18.1. The number of methoxy groups -OCH3 is 1. The standard InChI is InChI=1S/C19H19N5O2/c1-13(19-22-21-17-5-3-4-9-24(17)19)20-18(25)12-23-10-8-14-11-15(26-2)6-7-16(14)23/h3-11,13H,12H2,1-2H3,(H,20,25)/t13-/m0/s1. The smallest absolute Gasteiger partial charge is 0.240 e. The molecule has 0 unspecified atom stereocenters. The molecular formula is C19H19N5O2. The number of hydrogen-bond acceptors (Lipinski definition) is 4. The van der Waals surface area contributed by atoms with E-state index in [1.807, 2.05) is 70.7 Å². The number of aromatic nitrogens is 4. The molecule has 0 spiro atoms. The predicted molar refractivity (Wildman–Crippen MR) is 98.0 cm³/mol. The van der Waals surface area contributed by atoms with Crippen LogP contribution in [0.4, 0.5) is 0 Å². The number of benzene rings is 1. The molecule has 3 heterocycles. The Kier molecular flexibility index (Phi) is 4.04. The van der Waals surface area contributed by atoms with E-state index in [-0.39, 0.29) is 18.5 Å². The Balaban J connectivity index is 1.50. The molecule has 7 nitrogen and oxygen atoms in total. The summed E-state index contributed by atoms with van der Waals surface area (Å²) in [5.74, 6) is 1.42. The number of rotatable bonds is 5. The molecule has 0 aliphatic rings. The lowest BCUT2D eigenvalue weighted by atomic mass is 10.2. The van der Waals surface area contributed by atoms with Crippen molar-refractivity contribution in [1.82, 2.24) is 24.5 Å². The normalized spacial score (nSPS) is 12.4. The molecule has 1 amide bonds. The number of carbonyl (C=O) groups excluding carboxylic acids is 1. The van der Waals surface area contributed by atoms with Gasteiger partial charge in [0.05, 0.1) is 13.2 Å². The first-order valence-electron chi connectivity index (χ1n) is 8.37. The molecule has 4 aromatic rings. The van der Waals surface area contributed by atoms with Gasteiger partial charge in [0, 0.05) is 23.3 Å². The van der Waals surface area contributed by atoms with Crippen LogP contribution in [0.2, 0.25) is 0 Å². The highest BCUT2D eigenvalue weighted by atomic mass is 16.5. The van der Waals surface area contributed by atoms with E-state index in [4.69, 9.17) is 4.74 Å². The molecule has 1 N–H and O–H groups in total. The number of pyridine rings is 1. The third kappa shape index (κ3) is 2.88. The second-order valence-corrected chi connectivity index (χ2v) is 6.14. The van der Waals surface area contributed by atoms with E-state index in [1.54, 1.807) is 7.11 Å². The van der Waals surface area contributed by atoms with Crippen molar-refractivity contribution in [1.29, 1.82) is 0 Å². The summed E-state index contributed by atoms with van der Waals surface area (Å²) in [7, 11) is 1.64. The maximum atomic E-state index is 12.5. The van der Waals surface area contributed by atoms with E-state index >= 15 is 0 Å². The molecule has 132 valence electrons. The minimum absolute atomic E-state index is 0.0847. The van der Waals surface area contributed by atoms with Crippen LogP contribution in [0.5, 0.6) is 5.75 Å². The van der Waals surface area contributed by atoms with Crippen LogP contribution in [0, 0.1) is 0 Å². The first kappa shape index (κ1) is 16.1. The molecule has 0 fully saturated rings. The Morgan fingerprint density at radius 3 is 2.92 bits per heavy atom. The van der Waals surface area contributed by atoms with E-state index in [1.165, 1.54) is 0 Å². The first-order chi connectivity index (χ1) is 12.7. The first-order valence-corrected chi connectivity index (χ1v) is 8.37. The second-order valence-electron chi connectivity index (χ2n) is 6.14. The Labute approximate surface area is 150 Å². The minimum Gasteiger partial charge on any atom is -0.497 e. The summed E-state index contributed by atoms with van der Waals surface area (Å²) in [4.78, 5) is 12.5. The molecule has 0 bridgehead atoms. The number of amides is 1. The van der Waals surface area contributed by atoms with Gasteiger partial charge >= 0.3 is 0 Å². The Morgan fingerprint density at radius 2 is 2.08 bits per heavy atom. The summed E-state index contributed by atoms with van der Waals surface area (Å²) in [5.41, 5.74) is 1.75. The van der Waals surface area contributed by atoms with Gasteiger partial charge in [-0.3, -0.25) is 9.20 Å². The minimum atomic E-state index is -0.248. The third-order valence-corrected chi connectivity index (χ3v) is 4.40. The van der Waals surface area contributed by atoms with Crippen molar-refractivity contribution in [3.05, 3.63) is 60.7 Å². The Morgan fingerprint density at radius 1 is 1.19 bits per heavy atom. The summed E-state index contributed by atoms with van der Waals surface area (Å²) >= 11 is 0. The van der Waals surface area contributed by atoms with Crippen molar-refractivity contribution >= 4 is 22.5 Å². The monoisotopic (exact) mass is 349 g/mol. The molecule has 1 atom stereocenters. The van der Waals surface area contributed by atoms with Crippen molar-refractivity contribution in [3.63, 3.8) is 0 Å². The SMILES string of the molecule is COc1ccc2c(ccn2CC(=O)N[C@@H](C)c2nnc3ccccn23)c1. The van der Waals surface area contributed by atoms with Gasteiger partial charge in [0.25, 0.3) is 0 Å². The summed E-state index contributed by atoms with van der Waals surface area (Å²) in [5, 5.41) is 12.3. The Bertz CT molecular complexity index is 1080. The van der Waals surface area contributed by atoms with Crippen molar-refractivity contribution < 1.29 is 9.53 Å². The number of carbonyl (C=O) groups is 1. The largest absolute Gasteiger partial charge is 0.497 e. The van der Waals surface area contributed by atoms with Crippen molar-refractivity contribution in [2.45, 2.75) is 19.5 Å². The maximum Gasteiger partial charge on any atom is 0.240 e. The number of nitrogens with one attached hydrogen (secondary N) is 1. The van der Waals surface area contributed by atoms with Gasteiger partial charge in [0.2, 0.25) is 5.91 Å². The van der Waals surface area contributed by atoms with Gasteiger partial charge in [-0.25, -0.2) is 0 Å². The van der Waals surface area contributed by atoms with Crippen LogP contribution in [0.3, 0.4) is 0 Å². The van der Waals surface area contributed by atoms with Crippen molar-refractivity contribution in [2.75, 3.05) is 7.11 Å². The summed E-state index contributed by atoms with van der Waals surface area (Å²) in [6.07, 6.45) is 3.79. The molecule has 7 heteroatoms. The predicted octanol–water partition coefficient (Wildman–Crippen LogP) is 2.57. The zero-order valence-electron chi connectivity index (χ0n) is 14.6. The van der Waals surface area contributed by atoms with Crippen LogP contribution in [-0.4, -0.2) is 32.2 Å². The van der Waals surface area contributed by atoms with Crippen molar-refractivity contribution in [3.8, 4) is 5.75 Å². The van der Waals surface area contributed by atoms with Crippen LogP contribution in [0.15, 0.2) is 54.9 Å². The molecule has 0 aliphatic carbocycles. The summed E-state index contributed by atoms with van der Waals surface area (Å²) in [6, 6.07) is 13.2. The lowest BCUT2D eigenvalue weighted by Gasteiger charge is -2.13. The van der Waals surface area contributed by atoms with E-state index in [0.29, 0.717) is 5.82 Å². The van der Waals surface area contributed by atoms with Gasteiger partial charge in [-0.1, -0.05) is 6.07 Å². The maximum absolute atomic E-state index is 12.5. The molecule has 0 radical (unpaired) electrons. The lowest BCUT2D eigenvalue weighted by Crippen LogP contribution is -2.30. The fourth-order valence-corrected chi connectivity index (χ4v) is 3.10. The van der Waals surface area contributed by atoms with Gasteiger partial charge in [-0.15, -0.1) is 10.2 Å². The fraction of sp³-hybridized carbons (Fsp3) is 0.211. The van der Waals surface area contributed by atoms with Gasteiger partial charge < -0.3 is 14.6 Å². The average molecular weight is 349 g/mol. The Hall–Kier alpha value is -3.35. The van der Waals surface area contributed by atoms with Gasteiger partial charge in [0.1, 0.15) is 12.3 Å². The van der Waals surface area contributed by atoms with E-state index in [0.717, 1.165) is 22.3 Å².